The molecule has 5 nitrogen and oxygen atoms in total. The smallest absolute Gasteiger partial charge is 0.327 e. The highest BCUT2D eigenvalue weighted by Crippen LogP contribution is 2.34. The molecule has 0 N–H and O–H groups in total. The van der Waals surface area contributed by atoms with Crippen LogP contribution in [0.3, 0.4) is 0 Å². The van der Waals surface area contributed by atoms with Crippen molar-refractivity contribution in [3.05, 3.63) is 34.7 Å². The molecule has 1 fully saturated rings. The summed E-state index contributed by atoms with van der Waals surface area (Å²) in [7, 11) is 2.10. The van der Waals surface area contributed by atoms with Gasteiger partial charge < -0.3 is 9.47 Å². The summed E-state index contributed by atoms with van der Waals surface area (Å²) in [6.07, 6.45) is -4.37. The van der Waals surface area contributed by atoms with Gasteiger partial charge in [0.2, 0.25) is 0 Å². The molecule has 3 heterocycles. The topological polar surface area (TPSA) is 37.2 Å². The quantitative estimate of drug-likeness (QED) is 0.613. The predicted octanol–water partition coefficient (Wildman–Crippen LogP) is 3.86. The van der Waals surface area contributed by atoms with E-state index in [2.05, 4.69) is 26.8 Å². The maximum absolute atomic E-state index is 13.2. The van der Waals surface area contributed by atoms with Crippen LogP contribution in [0.25, 0.3) is 21.9 Å². The van der Waals surface area contributed by atoms with E-state index in [0.29, 0.717) is 22.2 Å². The van der Waals surface area contributed by atoms with Crippen LogP contribution < -0.4 is 0 Å². The summed E-state index contributed by atoms with van der Waals surface area (Å²) in [5.74, 6) is 0.438. The van der Waals surface area contributed by atoms with Crippen LogP contribution in [0.15, 0.2) is 18.2 Å². The first-order valence-electron chi connectivity index (χ1n) is 9.14. The molecule has 0 spiro atoms. The molecule has 1 aliphatic rings. The van der Waals surface area contributed by atoms with Crippen molar-refractivity contribution in [1.29, 1.82) is 0 Å². The fourth-order valence-electron chi connectivity index (χ4n) is 3.79. The fourth-order valence-corrected chi connectivity index (χ4v) is 4.11. The van der Waals surface area contributed by atoms with Crippen molar-refractivity contribution in [2.75, 3.05) is 33.2 Å². The van der Waals surface area contributed by atoms with Crippen molar-refractivity contribution in [2.24, 2.45) is 0 Å². The summed E-state index contributed by atoms with van der Waals surface area (Å²) < 4.78 is 40.7. The van der Waals surface area contributed by atoms with Gasteiger partial charge in [-0.25, -0.2) is 9.97 Å². The SMILES string of the molecule is Cc1nc(Cl)c2c(n1)c1cc(CN3CCN(C)CC3)ccc1n2CC(F)(F)F. The fraction of sp³-hybridized carbons (Fsp3) is 0.474. The predicted molar refractivity (Wildman–Crippen MR) is 104 cm³/mol. The van der Waals surface area contributed by atoms with Gasteiger partial charge in [0.05, 0.1) is 5.52 Å². The number of alkyl halides is 3. The van der Waals surface area contributed by atoms with Crippen LogP contribution >= 0.6 is 11.6 Å². The van der Waals surface area contributed by atoms with E-state index in [1.165, 1.54) is 4.57 Å². The standard InChI is InChI=1S/C19H21ClF3N5/c1-12-24-16-14-9-13(10-27-7-5-26(2)6-8-27)3-4-15(14)28(11-19(21,22)23)17(16)18(20)25-12/h3-4,9H,5-8,10-11H2,1-2H3. The van der Waals surface area contributed by atoms with Crippen LogP contribution in [0.5, 0.6) is 0 Å². The maximum atomic E-state index is 13.2. The first kappa shape index (κ1) is 19.4. The van der Waals surface area contributed by atoms with E-state index in [9.17, 15) is 13.2 Å². The lowest BCUT2D eigenvalue weighted by Gasteiger charge is -2.32. The second-order valence-corrected chi connectivity index (χ2v) is 7.75. The molecule has 0 unspecified atom stereocenters. The Bertz CT molecular complexity index is 1020. The van der Waals surface area contributed by atoms with Crippen LogP contribution in [-0.4, -0.2) is 63.7 Å². The summed E-state index contributed by atoms with van der Waals surface area (Å²) in [4.78, 5) is 13.1. The number of fused-ring (bicyclic) bond motifs is 3. The average Bonchev–Trinajstić information content (AvgIpc) is 2.89. The van der Waals surface area contributed by atoms with Crippen molar-refractivity contribution in [3.63, 3.8) is 0 Å². The highest BCUT2D eigenvalue weighted by molar-refractivity contribution is 6.34. The largest absolute Gasteiger partial charge is 0.406 e. The molecule has 0 bridgehead atoms. The summed E-state index contributed by atoms with van der Waals surface area (Å²) in [6, 6.07) is 5.56. The molecule has 9 heteroatoms. The number of likely N-dealkylation sites (N-methyl/N-ethyl adjacent to an activating group) is 1. The molecular formula is C19H21ClF3N5. The van der Waals surface area contributed by atoms with Gasteiger partial charge in [-0.15, -0.1) is 0 Å². The zero-order valence-electron chi connectivity index (χ0n) is 15.7. The number of hydrogen-bond donors (Lipinski definition) is 0. The van der Waals surface area contributed by atoms with E-state index >= 15 is 0 Å². The highest BCUT2D eigenvalue weighted by atomic mass is 35.5. The van der Waals surface area contributed by atoms with Gasteiger partial charge in [-0.2, -0.15) is 13.2 Å². The van der Waals surface area contributed by atoms with Gasteiger partial charge in [-0.1, -0.05) is 17.7 Å². The minimum absolute atomic E-state index is 0.0450. The molecule has 1 aliphatic heterocycles. The minimum atomic E-state index is -4.37. The third-order valence-corrected chi connectivity index (χ3v) is 5.43. The molecule has 1 aromatic carbocycles. The van der Waals surface area contributed by atoms with E-state index in [4.69, 9.17) is 11.6 Å². The van der Waals surface area contributed by atoms with Gasteiger partial charge in [0.1, 0.15) is 23.4 Å². The van der Waals surface area contributed by atoms with Crippen LogP contribution in [0, 0.1) is 6.92 Å². The molecule has 0 aliphatic carbocycles. The van der Waals surface area contributed by atoms with Crippen LogP contribution in [-0.2, 0) is 13.1 Å². The Morgan fingerprint density at radius 1 is 1.11 bits per heavy atom. The first-order chi connectivity index (χ1) is 13.2. The number of aromatic nitrogens is 3. The van der Waals surface area contributed by atoms with Gasteiger partial charge in [-0.05, 0) is 31.7 Å². The Hall–Kier alpha value is -1.90. The van der Waals surface area contributed by atoms with E-state index < -0.39 is 12.7 Å². The molecule has 0 radical (unpaired) electrons. The number of aryl methyl sites for hydroxylation is 1. The van der Waals surface area contributed by atoms with Gasteiger partial charge in [-0.3, -0.25) is 4.90 Å². The second kappa shape index (κ2) is 7.17. The lowest BCUT2D eigenvalue weighted by molar-refractivity contribution is -0.139. The monoisotopic (exact) mass is 411 g/mol. The molecule has 150 valence electrons. The lowest BCUT2D eigenvalue weighted by atomic mass is 10.1. The van der Waals surface area contributed by atoms with E-state index in [1.54, 1.807) is 13.0 Å². The molecule has 2 aromatic heterocycles. The number of piperazine rings is 1. The zero-order valence-corrected chi connectivity index (χ0v) is 16.5. The molecule has 0 saturated carbocycles. The molecule has 1 saturated heterocycles. The summed E-state index contributed by atoms with van der Waals surface area (Å²) in [6.45, 7) is 5.27. The van der Waals surface area contributed by atoms with Gasteiger partial charge in [0, 0.05) is 38.1 Å². The van der Waals surface area contributed by atoms with Crippen LogP contribution in [0.4, 0.5) is 13.2 Å². The molecule has 3 aromatic rings. The van der Waals surface area contributed by atoms with Crippen molar-refractivity contribution in [1.82, 2.24) is 24.3 Å². The van der Waals surface area contributed by atoms with Gasteiger partial charge in [0.25, 0.3) is 0 Å². The number of hydrogen-bond acceptors (Lipinski definition) is 4. The van der Waals surface area contributed by atoms with Crippen LogP contribution in [0.2, 0.25) is 5.15 Å². The Morgan fingerprint density at radius 2 is 1.82 bits per heavy atom. The minimum Gasteiger partial charge on any atom is -0.327 e. The normalized spacial score (nSPS) is 17.1. The highest BCUT2D eigenvalue weighted by Gasteiger charge is 2.31. The number of benzene rings is 1. The zero-order chi connectivity index (χ0) is 20.1. The third-order valence-electron chi connectivity index (χ3n) is 5.17. The molecule has 0 atom stereocenters. The lowest BCUT2D eigenvalue weighted by Crippen LogP contribution is -2.43. The van der Waals surface area contributed by atoms with E-state index in [1.807, 2.05) is 12.1 Å². The Kier molecular flexibility index (Phi) is 4.97. The molecule has 28 heavy (non-hydrogen) atoms. The first-order valence-corrected chi connectivity index (χ1v) is 9.52. The average molecular weight is 412 g/mol. The van der Waals surface area contributed by atoms with Crippen molar-refractivity contribution >= 4 is 33.5 Å². The Balaban J connectivity index is 1.80. The number of rotatable bonds is 3. The Morgan fingerprint density at radius 3 is 2.50 bits per heavy atom. The van der Waals surface area contributed by atoms with Crippen molar-refractivity contribution in [2.45, 2.75) is 26.2 Å². The number of nitrogens with zero attached hydrogens (tertiary/aromatic N) is 5. The van der Waals surface area contributed by atoms with Crippen LogP contribution in [0.1, 0.15) is 11.4 Å². The van der Waals surface area contributed by atoms with Gasteiger partial charge in [0.15, 0.2) is 5.15 Å². The molecule has 4 rings (SSSR count). The maximum Gasteiger partial charge on any atom is 0.406 e. The number of halogens is 4. The Labute approximate surface area is 165 Å². The molecular weight excluding hydrogens is 391 g/mol. The summed E-state index contributed by atoms with van der Waals surface area (Å²) >= 11 is 6.22. The summed E-state index contributed by atoms with van der Waals surface area (Å²) in [5.41, 5.74) is 2.22. The molecule has 0 amide bonds. The second-order valence-electron chi connectivity index (χ2n) is 7.39. The van der Waals surface area contributed by atoms with Crippen molar-refractivity contribution < 1.29 is 13.2 Å². The van der Waals surface area contributed by atoms with E-state index in [-0.39, 0.29) is 10.7 Å². The third kappa shape index (κ3) is 3.81. The van der Waals surface area contributed by atoms with Crippen molar-refractivity contribution in [3.8, 4) is 0 Å². The van der Waals surface area contributed by atoms with Gasteiger partial charge >= 0.3 is 6.18 Å². The summed E-state index contributed by atoms with van der Waals surface area (Å²) in [5, 5.41) is 0.724. The van der Waals surface area contributed by atoms with E-state index in [0.717, 1.165) is 38.3 Å².